The summed E-state index contributed by atoms with van der Waals surface area (Å²) >= 11 is 1.98. The predicted octanol–water partition coefficient (Wildman–Crippen LogP) is 2.42. The van der Waals surface area contributed by atoms with Crippen molar-refractivity contribution in [1.29, 1.82) is 0 Å². The minimum atomic E-state index is -0.0742. The van der Waals surface area contributed by atoms with Gasteiger partial charge in [0.2, 0.25) is 0 Å². The molecule has 0 fully saturated rings. The molecule has 1 heterocycles. The first kappa shape index (κ1) is 10.5. The Balaban J connectivity index is 2.54. The molecule has 0 atom stereocenters. The van der Waals surface area contributed by atoms with Crippen molar-refractivity contribution in [2.24, 2.45) is 0 Å². The number of aromatic hydroxyl groups is 1. The highest BCUT2D eigenvalue weighted by atomic mass is 127. The summed E-state index contributed by atoms with van der Waals surface area (Å²) in [5.41, 5.74) is 0.954. The van der Waals surface area contributed by atoms with E-state index in [1.807, 2.05) is 22.6 Å². The molecule has 4 heteroatoms. The molecule has 0 saturated heterocycles. The van der Waals surface area contributed by atoms with Crippen molar-refractivity contribution in [3.8, 4) is 11.5 Å². The quantitative estimate of drug-likeness (QED) is 0.518. The molecular formula is C11H9IO3. The lowest BCUT2D eigenvalue weighted by molar-refractivity contribution is 0.102. The van der Waals surface area contributed by atoms with Gasteiger partial charge in [-0.05, 0) is 24.3 Å². The van der Waals surface area contributed by atoms with E-state index in [0.717, 1.165) is 0 Å². The summed E-state index contributed by atoms with van der Waals surface area (Å²) in [5, 5.41) is 9.88. The molecule has 0 saturated carbocycles. The van der Waals surface area contributed by atoms with Crippen LogP contribution in [0.4, 0.5) is 0 Å². The SMILES string of the molecule is O=C(CI)c1ccc2c(c1O)C=CCO2. The van der Waals surface area contributed by atoms with Crippen LogP contribution in [0.3, 0.4) is 0 Å². The molecule has 0 aromatic heterocycles. The first-order chi connectivity index (χ1) is 7.24. The van der Waals surface area contributed by atoms with Crippen LogP contribution in [0, 0.1) is 0 Å². The van der Waals surface area contributed by atoms with E-state index in [2.05, 4.69) is 0 Å². The van der Waals surface area contributed by atoms with Crippen LogP contribution in [-0.2, 0) is 0 Å². The fourth-order valence-corrected chi connectivity index (χ4v) is 1.89. The second-order valence-corrected chi connectivity index (χ2v) is 3.91. The van der Waals surface area contributed by atoms with E-state index in [4.69, 9.17) is 4.74 Å². The van der Waals surface area contributed by atoms with Crippen LogP contribution in [0.25, 0.3) is 6.08 Å². The number of ether oxygens (including phenoxy) is 1. The number of fused-ring (bicyclic) bond motifs is 1. The number of phenolic OH excluding ortho intramolecular Hbond substituents is 1. The van der Waals surface area contributed by atoms with Gasteiger partial charge in [-0.1, -0.05) is 22.6 Å². The molecule has 0 aliphatic carbocycles. The zero-order valence-electron chi connectivity index (χ0n) is 7.87. The van der Waals surface area contributed by atoms with Gasteiger partial charge in [0.05, 0.1) is 15.6 Å². The van der Waals surface area contributed by atoms with Gasteiger partial charge in [0, 0.05) is 0 Å². The highest BCUT2D eigenvalue weighted by Crippen LogP contribution is 2.34. The number of ketones is 1. The fraction of sp³-hybridized carbons (Fsp3) is 0.182. The maximum Gasteiger partial charge on any atom is 0.176 e. The second-order valence-electron chi connectivity index (χ2n) is 3.14. The maximum atomic E-state index is 11.5. The van der Waals surface area contributed by atoms with E-state index < -0.39 is 0 Å². The minimum Gasteiger partial charge on any atom is -0.506 e. The van der Waals surface area contributed by atoms with Gasteiger partial charge in [-0.3, -0.25) is 4.79 Å². The normalized spacial score (nSPS) is 13.1. The summed E-state index contributed by atoms with van der Waals surface area (Å²) in [6, 6.07) is 3.33. The van der Waals surface area contributed by atoms with Gasteiger partial charge >= 0.3 is 0 Å². The lowest BCUT2D eigenvalue weighted by atomic mass is 10.0. The average Bonchev–Trinajstić information content (AvgIpc) is 2.29. The third-order valence-corrected chi connectivity index (χ3v) is 2.91. The zero-order chi connectivity index (χ0) is 10.8. The van der Waals surface area contributed by atoms with Gasteiger partial charge in [-0.25, -0.2) is 0 Å². The zero-order valence-corrected chi connectivity index (χ0v) is 10.0. The van der Waals surface area contributed by atoms with Crippen molar-refractivity contribution in [3.05, 3.63) is 29.3 Å². The van der Waals surface area contributed by atoms with Crippen molar-refractivity contribution >= 4 is 34.5 Å². The van der Waals surface area contributed by atoms with E-state index in [-0.39, 0.29) is 11.5 Å². The van der Waals surface area contributed by atoms with Crippen molar-refractivity contribution in [2.75, 3.05) is 11.0 Å². The summed E-state index contributed by atoms with van der Waals surface area (Å²) < 4.78 is 5.67. The van der Waals surface area contributed by atoms with E-state index in [9.17, 15) is 9.90 Å². The first-order valence-corrected chi connectivity index (χ1v) is 6.01. The molecule has 1 aromatic carbocycles. The number of hydrogen-bond donors (Lipinski definition) is 1. The molecule has 0 bridgehead atoms. The summed E-state index contributed by atoms with van der Waals surface area (Å²) in [6.07, 6.45) is 3.58. The van der Waals surface area contributed by atoms with Gasteiger partial charge < -0.3 is 9.84 Å². The average molecular weight is 316 g/mol. The Bertz CT molecular complexity index is 438. The highest BCUT2D eigenvalue weighted by Gasteiger charge is 2.17. The Kier molecular flexibility index (Phi) is 2.95. The second kappa shape index (κ2) is 4.22. The summed E-state index contributed by atoms with van der Waals surface area (Å²) in [5.74, 6) is 0.569. The maximum absolute atomic E-state index is 11.5. The van der Waals surface area contributed by atoms with Crippen molar-refractivity contribution in [1.82, 2.24) is 0 Å². The monoisotopic (exact) mass is 316 g/mol. The number of rotatable bonds is 2. The molecule has 0 spiro atoms. The number of carbonyl (C=O) groups excluding carboxylic acids is 1. The van der Waals surface area contributed by atoms with E-state index >= 15 is 0 Å². The van der Waals surface area contributed by atoms with Gasteiger partial charge in [0.15, 0.2) is 5.78 Å². The van der Waals surface area contributed by atoms with Gasteiger partial charge in [0.1, 0.15) is 18.1 Å². The highest BCUT2D eigenvalue weighted by molar-refractivity contribution is 14.1. The molecule has 3 nitrogen and oxygen atoms in total. The van der Waals surface area contributed by atoms with Crippen LogP contribution < -0.4 is 4.74 Å². The number of hydrogen-bond acceptors (Lipinski definition) is 3. The predicted molar refractivity (Wildman–Crippen MR) is 65.9 cm³/mol. The van der Waals surface area contributed by atoms with Gasteiger partial charge in [0.25, 0.3) is 0 Å². The third kappa shape index (κ3) is 1.86. The molecule has 1 aromatic rings. The van der Waals surface area contributed by atoms with Crippen LogP contribution >= 0.6 is 22.6 Å². The number of alkyl halides is 1. The topological polar surface area (TPSA) is 46.5 Å². The van der Waals surface area contributed by atoms with Crippen molar-refractivity contribution < 1.29 is 14.6 Å². The Morgan fingerprint density at radius 1 is 1.53 bits per heavy atom. The van der Waals surface area contributed by atoms with Gasteiger partial charge in [-0.15, -0.1) is 0 Å². The molecule has 78 valence electrons. The van der Waals surface area contributed by atoms with Crippen molar-refractivity contribution in [2.45, 2.75) is 0 Å². The Morgan fingerprint density at radius 2 is 2.33 bits per heavy atom. The smallest absolute Gasteiger partial charge is 0.176 e. The fourth-order valence-electron chi connectivity index (χ4n) is 1.48. The van der Waals surface area contributed by atoms with Crippen LogP contribution in [0.5, 0.6) is 11.5 Å². The van der Waals surface area contributed by atoms with Crippen LogP contribution in [0.2, 0.25) is 0 Å². The summed E-state index contributed by atoms with van der Waals surface area (Å²) in [7, 11) is 0. The molecule has 1 aliphatic heterocycles. The minimum absolute atomic E-state index is 0.0186. The largest absolute Gasteiger partial charge is 0.506 e. The van der Waals surface area contributed by atoms with Crippen LogP contribution in [-0.4, -0.2) is 21.9 Å². The third-order valence-electron chi connectivity index (χ3n) is 2.22. The van der Waals surface area contributed by atoms with Crippen molar-refractivity contribution in [3.63, 3.8) is 0 Å². The van der Waals surface area contributed by atoms with Crippen LogP contribution in [0.1, 0.15) is 15.9 Å². The number of benzene rings is 1. The number of carbonyl (C=O) groups is 1. The number of Topliss-reactive ketones (excluding diaryl/α,β-unsaturated/α-hetero) is 1. The van der Waals surface area contributed by atoms with Crippen LogP contribution in [0.15, 0.2) is 18.2 Å². The number of phenols is 1. The molecule has 0 unspecified atom stereocenters. The Labute approximate surface area is 101 Å². The molecule has 1 aliphatic rings. The Morgan fingerprint density at radius 3 is 3.07 bits per heavy atom. The molecular weight excluding hydrogens is 307 g/mol. The lowest BCUT2D eigenvalue weighted by Gasteiger charge is -2.14. The van der Waals surface area contributed by atoms with E-state index in [1.54, 1.807) is 24.3 Å². The summed E-state index contributed by atoms with van der Waals surface area (Å²) in [4.78, 5) is 11.5. The lowest BCUT2D eigenvalue weighted by Crippen LogP contribution is -2.05. The molecule has 0 radical (unpaired) electrons. The van der Waals surface area contributed by atoms with E-state index in [1.165, 1.54) is 0 Å². The molecule has 0 amide bonds. The molecule has 1 N–H and O–H groups in total. The first-order valence-electron chi connectivity index (χ1n) is 4.48. The summed E-state index contributed by atoms with van der Waals surface area (Å²) in [6.45, 7) is 0.506. The molecule has 15 heavy (non-hydrogen) atoms. The number of halogens is 1. The standard InChI is InChI=1S/C11H9IO3/c12-6-9(13)7-3-4-10-8(11(7)14)2-1-5-15-10/h1-4,14H,5-6H2. The van der Waals surface area contributed by atoms with Gasteiger partial charge in [-0.2, -0.15) is 0 Å². The molecule has 2 rings (SSSR count). The van der Waals surface area contributed by atoms with E-state index in [0.29, 0.717) is 27.9 Å². The Hall–Kier alpha value is -1.04.